The first kappa shape index (κ1) is 23.6. The molecule has 2 N–H and O–H groups in total. The van der Waals surface area contributed by atoms with Gasteiger partial charge in [0, 0.05) is 5.39 Å². The van der Waals surface area contributed by atoms with E-state index in [4.69, 9.17) is 13.7 Å². The zero-order chi connectivity index (χ0) is 25.2. The van der Waals surface area contributed by atoms with E-state index in [1.807, 2.05) is 24.3 Å². The van der Waals surface area contributed by atoms with Crippen molar-refractivity contribution in [1.29, 1.82) is 0 Å². The number of carbonyl (C=O) groups excluding carboxylic acids is 2. The zero-order valence-corrected chi connectivity index (χ0v) is 21.1. The first-order valence-electron chi connectivity index (χ1n) is 12.2. The van der Waals surface area contributed by atoms with E-state index in [2.05, 4.69) is 36.4 Å². The average Bonchev–Trinajstić information content (AvgIpc) is 3.54. The van der Waals surface area contributed by atoms with Crippen LogP contribution in [0.2, 0.25) is 0 Å². The molecule has 4 aliphatic rings. The Balaban J connectivity index is 1.25. The number of amides is 2. The molecule has 4 fully saturated rings. The van der Waals surface area contributed by atoms with Crippen molar-refractivity contribution >= 4 is 46.4 Å². The number of anilines is 1. The van der Waals surface area contributed by atoms with Crippen LogP contribution in [0.4, 0.5) is 9.52 Å². The lowest BCUT2D eigenvalue weighted by atomic mass is 9.43. The molecule has 188 valence electrons. The third kappa shape index (κ3) is 3.75. The van der Waals surface area contributed by atoms with Crippen molar-refractivity contribution in [3.8, 4) is 0 Å². The Morgan fingerprint density at radius 3 is 2.81 bits per heavy atom. The molecule has 3 aliphatic carbocycles. The lowest BCUT2D eigenvalue weighted by Crippen LogP contribution is -2.65. The van der Waals surface area contributed by atoms with Crippen molar-refractivity contribution in [1.82, 2.24) is 10.3 Å². The highest BCUT2D eigenvalue weighted by Crippen LogP contribution is 2.65. The Hall–Kier alpha value is -2.76. The maximum absolute atomic E-state index is 13.3. The number of hydrogen-bond donors (Lipinski definition) is 2. The molecule has 3 aromatic rings. The largest absolute Gasteiger partial charge is 0.482 e. The lowest BCUT2D eigenvalue weighted by molar-refractivity contribution is -0.199. The normalized spacial score (nSPS) is 28.9. The third-order valence-corrected chi connectivity index (χ3v) is 9.22. The summed E-state index contributed by atoms with van der Waals surface area (Å²) in [5.41, 5.74) is 1.31. The summed E-state index contributed by atoms with van der Waals surface area (Å²) in [6.07, 6.45) is 4.92. The van der Waals surface area contributed by atoms with Gasteiger partial charge in [-0.1, -0.05) is 43.4 Å². The molecule has 5 atom stereocenters. The number of fused-ring (bicyclic) bond motifs is 1. The molecule has 2 bridgehead atoms. The Morgan fingerprint density at radius 1 is 1.25 bits per heavy atom. The quantitative estimate of drug-likeness (QED) is 0.397. The Labute approximate surface area is 212 Å². The summed E-state index contributed by atoms with van der Waals surface area (Å²) in [5.74, 6) is -1.53. The van der Waals surface area contributed by atoms with Crippen molar-refractivity contribution in [2.45, 2.75) is 57.7 Å². The minimum atomic E-state index is -0.934. The molecule has 3 saturated carbocycles. The van der Waals surface area contributed by atoms with E-state index >= 15 is 0 Å². The molecule has 7 rings (SSSR count). The van der Waals surface area contributed by atoms with E-state index in [0.29, 0.717) is 29.6 Å². The van der Waals surface area contributed by atoms with Crippen molar-refractivity contribution in [3.63, 3.8) is 0 Å². The second-order valence-electron chi connectivity index (χ2n) is 10.8. The highest BCUT2D eigenvalue weighted by atomic mass is 32.1. The number of benzene rings is 1. The van der Waals surface area contributed by atoms with E-state index in [-0.39, 0.29) is 16.7 Å². The molecular formula is C25H27BFN3O5S. The van der Waals surface area contributed by atoms with Crippen LogP contribution < -0.4 is 10.6 Å². The van der Waals surface area contributed by atoms with Gasteiger partial charge in [-0.3, -0.25) is 14.9 Å². The van der Waals surface area contributed by atoms with Crippen molar-refractivity contribution in [2.24, 2.45) is 17.3 Å². The van der Waals surface area contributed by atoms with Crippen LogP contribution in [-0.2, 0) is 25.3 Å². The van der Waals surface area contributed by atoms with E-state index in [0.717, 1.165) is 35.6 Å². The fourth-order valence-corrected chi connectivity index (χ4v) is 6.95. The predicted molar refractivity (Wildman–Crippen MR) is 133 cm³/mol. The predicted octanol–water partition coefficient (Wildman–Crippen LogP) is 3.96. The maximum atomic E-state index is 13.3. The van der Waals surface area contributed by atoms with E-state index < -0.39 is 35.6 Å². The monoisotopic (exact) mass is 511 g/mol. The molecule has 3 heterocycles. The van der Waals surface area contributed by atoms with Crippen LogP contribution in [0.1, 0.15) is 39.2 Å². The number of aromatic nitrogens is 1. The third-order valence-electron chi connectivity index (χ3n) is 8.52. The molecule has 1 aromatic carbocycles. The molecule has 0 spiro atoms. The molecule has 8 nitrogen and oxygen atoms in total. The molecule has 36 heavy (non-hydrogen) atoms. The first-order valence-corrected chi connectivity index (χ1v) is 13.0. The number of halogens is 1. The topological polar surface area (TPSA) is 103 Å². The Morgan fingerprint density at radius 2 is 2.06 bits per heavy atom. The second-order valence-corrected chi connectivity index (χ2v) is 11.8. The lowest BCUT2D eigenvalue weighted by Gasteiger charge is -2.64. The van der Waals surface area contributed by atoms with E-state index in [9.17, 15) is 14.0 Å². The van der Waals surface area contributed by atoms with Gasteiger partial charge in [-0.2, -0.15) is 4.39 Å². The molecule has 1 aliphatic heterocycles. The van der Waals surface area contributed by atoms with Crippen molar-refractivity contribution in [3.05, 3.63) is 47.4 Å². The molecule has 2 aromatic heterocycles. The summed E-state index contributed by atoms with van der Waals surface area (Å²) in [6, 6.07) is 7.64. The van der Waals surface area contributed by atoms with Gasteiger partial charge < -0.3 is 19.0 Å². The number of hydrogen-bond acceptors (Lipinski definition) is 7. The molecule has 1 saturated heterocycles. The number of rotatable bonds is 5. The average molecular weight is 511 g/mol. The number of furan rings is 1. The molecule has 0 unspecified atom stereocenters. The molecule has 0 radical (unpaired) electrons. The summed E-state index contributed by atoms with van der Waals surface area (Å²) < 4.78 is 32.0. The van der Waals surface area contributed by atoms with Gasteiger partial charge in [-0.15, -0.1) is 0 Å². The van der Waals surface area contributed by atoms with Gasteiger partial charge in [0.05, 0.1) is 30.1 Å². The zero-order valence-electron chi connectivity index (χ0n) is 20.2. The van der Waals surface area contributed by atoms with E-state index in [1.165, 1.54) is 0 Å². The van der Waals surface area contributed by atoms with Crippen LogP contribution >= 0.6 is 11.3 Å². The van der Waals surface area contributed by atoms with Crippen LogP contribution in [0.3, 0.4) is 0 Å². The van der Waals surface area contributed by atoms with Crippen molar-refractivity contribution in [2.75, 3.05) is 5.32 Å². The molecular weight excluding hydrogens is 484 g/mol. The smallest absolute Gasteiger partial charge is 0.464 e. The van der Waals surface area contributed by atoms with Crippen LogP contribution in [0.15, 0.2) is 41.1 Å². The van der Waals surface area contributed by atoms with Gasteiger partial charge in [0.15, 0.2) is 10.3 Å². The summed E-state index contributed by atoms with van der Waals surface area (Å²) in [6.45, 7) is 6.68. The fourth-order valence-electron chi connectivity index (χ4n) is 6.41. The van der Waals surface area contributed by atoms with Gasteiger partial charge >= 0.3 is 18.9 Å². The molecule has 2 amide bonds. The minimum Gasteiger partial charge on any atom is -0.464 e. The number of nitrogens with one attached hydrogen (secondary N) is 2. The summed E-state index contributed by atoms with van der Waals surface area (Å²) in [5, 5.41) is 5.53. The minimum absolute atomic E-state index is 0.0129. The first-order chi connectivity index (χ1) is 17.1. The SMILES string of the molecule is CC1(C)[C@@H]2C[C@H]3OB([C@H](Cc4coc5ccccc45)NC(=O)C(=O)Nc4ncc(F)s4)O[C@@]3(C)[C@H]1C2. The summed E-state index contributed by atoms with van der Waals surface area (Å²) >= 11 is 0.649. The number of para-hydroxylation sites is 1. The van der Waals surface area contributed by atoms with Crippen LogP contribution in [0.25, 0.3) is 11.0 Å². The second kappa shape index (κ2) is 8.39. The summed E-state index contributed by atoms with van der Waals surface area (Å²) in [4.78, 5) is 29.2. The summed E-state index contributed by atoms with van der Waals surface area (Å²) in [7, 11) is -0.738. The Kier molecular flexibility index (Phi) is 5.51. The highest BCUT2D eigenvalue weighted by molar-refractivity contribution is 7.14. The van der Waals surface area contributed by atoms with Gasteiger partial charge in [0.1, 0.15) is 5.58 Å². The van der Waals surface area contributed by atoms with E-state index in [1.54, 1.807) is 6.26 Å². The van der Waals surface area contributed by atoms with Crippen molar-refractivity contribution < 1.29 is 27.7 Å². The fraction of sp³-hybridized carbons (Fsp3) is 0.480. The number of nitrogens with zero attached hydrogens (tertiary/aromatic N) is 1. The van der Waals surface area contributed by atoms with Gasteiger partial charge in [-0.05, 0) is 55.1 Å². The molecule has 11 heteroatoms. The van der Waals surface area contributed by atoms with Gasteiger partial charge in [-0.25, -0.2) is 4.98 Å². The maximum Gasteiger partial charge on any atom is 0.482 e. The van der Waals surface area contributed by atoms with Gasteiger partial charge in [0.2, 0.25) is 0 Å². The number of thiazole rings is 1. The van der Waals surface area contributed by atoms with Crippen LogP contribution in [-0.4, -0.2) is 41.6 Å². The standard InChI is InChI=1S/C25H27BFN3O5S/c1-24(2)14-9-17(24)25(3)18(10-14)34-26(35-25)19(8-13-12-33-16-7-5-4-6-15(13)16)29-21(31)22(32)30-23-28-11-20(27)36-23/h4-7,11-12,14,17-19H,8-10H2,1-3H3,(H,29,31)(H,28,30,32)/t14-,17-,18+,19-,25-/m0/s1. The van der Waals surface area contributed by atoms with Crippen LogP contribution in [0.5, 0.6) is 0 Å². The number of carbonyl (C=O) groups is 2. The highest BCUT2D eigenvalue weighted by Gasteiger charge is 2.68. The van der Waals surface area contributed by atoms with Gasteiger partial charge in [0.25, 0.3) is 0 Å². The van der Waals surface area contributed by atoms with Crippen LogP contribution in [0, 0.1) is 22.4 Å². The Bertz CT molecular complexity index is 1340.